The molecule has 0 fully saturated rings. The van der Waals surface area contributed by atoms with Gasteiger partial charge in [0.2, 0.25) is 5.91 Å². The first-order valence-electron chi connectivity index (χ1n) is 10.1. The third-order valence-corrected chi connectivity index (χ3v) is 5.90. The Morgan fingerprint density at radius 3 is 2.28 bits per heavy atom. The molecule has 0 atom stereocenters. The van der Waals surface area contributed by atoms with Gasteiger partial charge in [0, 0.05) is 23.0 Å². The first-order valence-corrected chi connectivity index (χ1v) is 10.9. The van der Waals surface area contributed by atoms with Gasteiger partial charge in [-0.05, 0) is 55.7 Å². The highest BCUT2D eigenvalue weighted by Crippen LogP contribution is 2.40. The molecule has 1 aromatic heterocycles. The van der Waals surface area contributed by atoms with Gasteiger partial charge >= 0.3 is 0 Å². The molecule has 0 saturated carbocycles. The van der Waals surface area contributed by atoms with Crippen LogP contribution in [-0.2, 0) is 9.59 Å². The molecule has 2 N–H and O–H groups in total. The van der Waals surface area contributed by atoms with Crippen LogP contribution in [0, 0.1) is 6.92 Å². The first kappa shape index (κ1) is 23.0. The Hall–Kier alpha value is -3.65. The zero-order chi connectivity index (χ0) is 23.1. The number of carboxylic acids is 1. The van der Waals surface area contributed by atoms with Crippen molar-refractivity contribution in [2.24, 2.45) is 0 Å². The normalized spacial score (nSPS) is 10.4. The minimum Gasteiger partial charge on any atom is -0.550 e. The third-order valence-electron chi connectivity index (χ3n) is 4.64. The van der Waals surface area contributed by atoms with Crippen LogP contribution < -0.4 is 20.5 Å². The Balaban J connectivity index is 1.90. The third kappa shape index (κ3) is 5.73. The van der Waals surface area contributed by atoms with Crippen molar-refractivity contribution in [1.82, 2.24) is 0 Å². The summed E-state index contributed by atoms with van der Waals surface area (Å²) in [5.74, 6) is -1.48. The van der Waals surface area contributed by atoms with Crippen LogP contribution >= 0.6 is 11.3 Å². The van der Waals surface area contributed by atoms with E-state index in [1.165, 1.54) is 11.3 Å². The van der Waals surface area contributed by atoms with E-state index in [4.69, 9.17) is 4.74 Å². The molecule has 0 saturated heterocycles. The van der Waals surface area contributed by atoms with Crippen LogP contribution in [0.2, 0.25) is 0 Å². The molecule has 3 rings (SSSR count). The molecule has 2 amide bonds. The van der Waals surface area contributed by atoms with Gasteiger partial charge in [-0.2, -0.15) is 0 Å². The highest BCUT2D eigenvalue weighted by atomic mass is 32.1. The van der Waals surface area contributed by atoms with E-state index in [1.54, 1.807) is 24.3 Å². The Kier molecular flexibility index (Phi) is 7.62. The maximum atomic E-state index is 13.2. The average Bonchev–Trinajstić information content (AvgIpc) is 3.10. The van der Waals surface area contributed by atoms with Crippen molar-refractivity contribution >= 4 is 39.8 Å². The number of carboxylic acid groups (broad SMARTS) is 1. The molecule has 32 heavy (non-hydrogen) atoms. The van der Waals surface area contributed by atoms with Crippen molar-refractivity contribution in [1.29, 1.82) is 0 Å². The van der Waals surface area contributed by atoms with Gasteiger partial charge in [0.25, 0.3) is 5.91 Å². The van der Waals surface area contributed by atoms with Gasteiger partial charge in [0.1, 0.15) is 10.8 Å². The Morgan fingerprint density at radius 2 is 1.66 bits per heavy atom. The summed E-state index contributed by atoms with van der Waals surface area (Å²) in [6, 6.07) is 16.5. The van der Waals surface area contributed by atoms with Crippen LogP contribution in [0.3, 0.4) is 0 Å². The number of amides is 2. The summed E-state index contributed by atoms with van der Waals surface area (Å²) >= 11 is 1.27. The molecule has 2 aromatic carbocycles. The predicted molar refractivity (Wildman–Crippen MR) is 123 cm³/mol. The van der Waals surface area contributed by atoms with E-state index in [0.717, 1.165) is 16.0 Å². The molecule has 0 aliphatic carbocycles. The fourth-order valence-corrected chi connectivity index (χ4v) is 4.37. The van der Waals surface area contributed by atoms with Gasteiger partial charge in [-0.1, -0.05) is 30.3 Å². The standard InChI is InChI=1S/C24H24N2O5S/c1-3-31-18-11-9-17(10-12-18)25-23(30)21-15(2)22(16-7-5-4-6-8-16)32-24(21)26-19(27)13-14-20(28)29/h4-12H,3,13-14H2,1-2H3,(H,25,30)(H,26,27)(H,28,29)/p-1. The summed E-state index contributed by atoms with van der Waals surface area (Å²) in [5.41, 5.74) is 2.56. The topological polar surface area (TPSA) is 108 Å². The second kappa shape index (κ2) is 10.6. The van der Waals surface area contributed by atoms with E-state index in [0.29, 0.717) is 28.6 Å². The Labute approximate surface area is 190 Å². The van der Waals surface area contributed by atoms with Crippen molar-refractivity contribution < 1.29 is 24.2 Å². The lowest BCUT2D eigenvalue weighted by molar-refractivity contribution is -0.305. The smallest absolute Gasteiger partial charge is 0.258 e. The molecule has 0 bridgehead atoms. The summed E-state index contributed by atoms with van der Waals surface area (Å²) in [6.45, 7) is 4.26. The van der Waals surface area contributed by atoms with Gasteiger partial charge in [-0.25, -0.2) is 0 Å². The number of ether oxygens (including phenoxy) is 1. The van der Waals surface area contributed by atoms with Crippen molar-refractivity contribution in [3.63, 3.8) is 0 Å². The fraction of sp³-hybridized carbons (Fsp3) is 0.208. The molecular weight excluding hydrogens is 428 g/mol. The number of anilines is 2. The predicted octanol–water partition coefficient (Wildman–Crippen LogP) is 3.84. The maximum absolute atomic E-state index is 13.2. The number of carbonyl (C=O) groups is 3. The zero-order valence-electron chi connectivity index (χ0n) is 17.8. The number of carbonyl (C=O) groups excluding carboxylic acids is 3. The molecule has 8 heteroatoms. The van der Waals surface area contributed by atoms with Crippen LogP contribution in [-0.4, -0.2) is 24.4 Å². The van der Waals surface area contributed by atoms with E-state index in [2.05, 4.69) is 10.6 Å². The average molecular weight is 452 g/mol. The van der Waals surface area contributed by atoms with Crippen LogP contribution in [0.4, 0.5) is 10.7 Å². The molecule has 0 spiro atoms. The van der Waals surface area contributed by atoms with Gasteiger partial charge in [0.15, 0.2) is 0 Å². The molecular formula is C24H23N2O5S-. The van der Waals surface area contributed by atoms with Crippen molar-refractivity contribution in [2.75, 3.05) is 17.2 Å². The number of benzene rings is 2. The first-order chi connectivity index (χ1) is 15.4. The monoisotopic (exact) mass is 451 g/mol. The van der Waals surface area contributed by atoms with E-state index in [-0.39, 0.29) is 12.3 Å². The van der Waals surface area contributed by atoms with E-state index in [9.17, 15) is 19.5 Å². The highest BCUT2D eigenvalue weighted by molar-refractivity contribution is 7.20. The van der Waals surface area contributed by atoms with Crippen LogP contribution in [0.25, 0.3) is 10.4 Å². The van der Waals surface area contributed by atoms with Gasteiger partial charge < -0.3 is 25.3 Å². The summed E-state index contributed by atoms with van der Waals surface area (Å²) in [7, 11) is 0. The van der Waals surface area contributed by atoms with E-state index < -0.39 is 18.3 Å². The van der Waals surface area contributed by atoms with E-state index in [1.807, 2.05) is 44.2 Å². The number of nitrogens with one attached hydrogen (secondary N) is 2. The molecule has 1 heterocycles. The second-order valence-electron chi connectivity index (χ2n) is 6.96. The summed E-state index contributed by atoms with van der Waals surface area (Å²) in [6.07, 6.45) is -0.630. The van der Waals surface area contributed by atoms with E-state index >= 15 is 0 Å². The van der Waals surface area contributed by atoms with Crippen molar-refractivity contribution in [2.45, 2.75) is 26.7 Å². The largest absolute Gasteiger partial charge is 0.550 e. The van der Waals surface area contributed by atoms with Crippen LogP contribution in [0.15, 0.2) is 54.6 Å². The van der Waals surface area contributed by atoms with Crippen molar-refractivity contribution in [3.05, 3.63) is 65.7 Å². The van der Waals surface area contributed by atoms with Gasteiger partial charge in [-0.15, -0.1) is 11.3 Å². The number of hydrogen-bond acceptors (Lipinski definition) is 6. The maximum Gasteiger partial charge on any atom is 0.258 e. The molecule has 0 unspecified atom stereocenters. The van der Waals surface area contributed by atoms with Crippen molar-refractivity contribution in [3.8, 4) is 16.2 Å². The molecule has 0 aliphatic heterocycles. The minimum absolute atomic E-state index is 0.236. The van der Waals surface area contributed by atoms with Crippen LogP contribution in [0.1, 0.15) is 35.7 Å². The molecule has 166 valence electrons. The summed E-state index contributed by atoms with van der Waals surface area (Å²) < 4.78 is 5.42. The zero-order valence-corrected chi connectivity index (χ0v) is 18.6. The quantitative estimate of drug-likeness (QED) is 0.514. The number of rotatable bonds is 9. The molecule has 0 radical (unpaired) electrons. The number of thiophene rings is 1. The summed E-state index contributed by atoms with van der Waals surface area (Å²) in [4.78, 5) is 37.0. The summed E-state index contributed by atoms with van der Waals surface area (Å²) in [5, 5.41) is 16.6. The molecule has 7 nitrogen and oxygen atoms in total. The fourth-order valence-electron chi connectivity index (χ4n) is 3.14. The van der Waals surface area contributed by atoms with Crippen LogP contribution in [0.5, 0.6) is 5.75 Å². The SMILES string of the molecule is CCOc1ccc(NC(=O)c2c(NC(=O)CCC(=O)[O-])sc(-c3ccccc3)c2C)cc1. The Morgan fingerprint density at radius 1 is 0.969 bits per heavy atom. The minimum atomic E-state index is -1.30. The lowest BCUT2D eigenvalue weighted by atomic mass is 10.1. The number of hydrogen-bond donors (Lipinski definition) is 2. The lowest BCUT2D eigenvalue weighted by Gasteiger charge is -2.10. The second-order valence-corrected chi connectivity index (χ2v) is 7.98. The van der Waals surface area contributed by atoms with Gasteiger partial charge in [-0.3, -0.25) is 9.59 Å². The number of aliphatic carboxylic acids is 1. The molecule has 0 aliphatic rings. The highest BCUT2D eigenvalue weighted by Gasteiger charge is 2.23. The van der Waals surface area contributed by atoms with Gasteiger partial charge in [0.05, 0.1) is 12.2 Å². The Bertz CT molecular complexity index is 1110. The lowest BCUT2D eigenvalue weighted by Crippen LogP contribution is -2.24. The molecule has 3 aromatic rings.